The van der Waals surface area contributed by atoms with Crippen LogP contribution in [0, 0.1) is 24.7 Å². The topological polar surface area (TPSA) is 12.0 Å². The fraction of sp³-hybridized carbons (Fsp3) is 0.733. The van der Waals surface area contributed by atoms with Gasteiger partial charge in [0, 0.05) is 10.9 Å². The van der Waals surface area contributed by atoms with Crippen molar-refractivity contribution in [2.24, 2.45) is 17.8 Å². The van der Waals surface area contributed by atoms with Gasteiger partial charge < -0.3 is 5.32 Å². The minimum absolute atomic E-state index is 0.481. The standard InChI is InChI=1S/C15H27NS/c1-10(2)14(11(3)4)9-16-13(6)15-12(5)7-8-17-15/h7-8,10-11,13-14,16H,9H2,1-6H3. The van der Waals surface area contributed by atoms with E-state index in [1.54, 1.807) is 0 Å². The minimum Gasteiger partial charge on any atom is -0.309 e. The van der Waals surface area contributed by atoms with Crippen molar-refractivity contribution in [3.8, 4) is 0 Å². The summed E-state index contributed by atoms with van der Waals surface area (Å²) in [6.45, 7) is 14.9. The first-order chi connectivity index (χ1) is 7.93. The van der Waals surface area contributed by atoms with Gasteiger partial charge >= 0.3 is 0 Å². The van der Waals surface area contributed by atoms with Crippen molar-refractivity contribution in [1.29, 1.82) is 0 Å². The smallest absolute Gasteiger partial charge is 0.0388 e. The van der Waals surface area contributed by atoms with Crippen molar-refractivity contribution in [2.45, 2.75) is 47.6 Å². The fourth-order valence-electron chi connectivity index (χ4n) is 2.47. The van der Waals surface area contributed by atoms with E-state index in [1.807, 2.05) is 11.3 Å². The third kappa shape index (κ3) is 4.11. The van der Waals surface area contributed by atoms with E-state index in [0.717, 1.165) is 24.3 Å². The molecule has 0 aliphatic carbocycles. The van der Waals surface area contributed by atoms with Gasteiger partial charge in [-0.1, -0.05) is 27.7 Å². The predicted molar refractivity (Wildman–Crippen MR) is 78.6 cm³/mol. The molecule has 0 aromatic carbocycles. The highest BCUT2D eigenvalue weighted by molar-refractivity contribution is 7.10. The van der Waals surface area contributed by atoms with Crippen LogP contribution in [0.25, 0.3) is 0 Å². The summed E-state index contributed by atoms with van der Waals surface area (Å²) >= 11 is 1.86. The quantitative estimate of drug-likeness (QED) is 0.779. The van der Waals surface area contributed by atoms with Crippen LogP contribution < -0.4 is 5.32 Å². The van der Waals surface area contributed by atoms with Crippen LogP contribution in [0.1, 0.15) is 51.1 Å². The maximum absolute atomic E-state index is 3.70. The highest BCUT2D eigenvalue weighted by Crippen LogP contribution is 2.25. The van der Waals surface area contributed by atoms with E-state index >= 15 is 0 Å². The predicted octanol–water partition coefficient (Wildman–Crippen LogP) is 4.64. The molecule has 1 aromatic rings. The maximum atomic E-state index is 3.70. The van der Waals surface area contributed by atoms with Crippen molar-refractivity contribution in [3.63, 3.8) is 0 Å². The molecule has 1 rings (SSSR count). The molecule has 1 unspecified atom stereocenters. The monoisotopic (exact) mass is 253 g/mol. The van der Waals surface area contributed by atoms with Crippen molar-refractivity contribution in [1.82, 2.24) is 5.32 Å². The Hall–Kier alpha value is -0.340. The second-order valence-electron chi connectivity index (χ2n) is 5.75. The number of thiophene rings is 1. The van der Waals surface area contributed by atoms with Crippen LogP contribution in [0.3, 0.4) is 0 Å². The number of rotatable bonds is 6. The summed E-state index contributed by atoms with van der Waals surface area (Å²) in [4.78, 5) is 1.48. The number of hydrogen-bond acceptors (Lipinski definition) is 2. The van der Waals surface area contributed by atoms with Gasteiger partial charge in [0.25, 0.3) is 0 Å². The third-order valence-electron chi connectivity index (χ3n) is 3.67. The molecule has 2 heteroatoms. The van der Waals surface area contributed by atoms with Gasteiger partial charge in [-0.3, -0.25) is 0 Å². The highest BCUT2D eigenvalue weighted by atomic mass is 32.1. The maximum Gasteiger partial charge on any atom is 0.0388 e. The Balaban J connectivity index is 2.52. The van der Waals surface area contributed by atoms with Gasteiger partial charge in [-0.05, 0) is 55.2 Å². The zero-order valence-corrected chi connectivity index (χ0v) is 12.9. The van der Waals surface area contributed by atoms with Crippen LogP contribution >= 0.6 is 11.3 Å². The van der Waals surface area contributed by atoms with E-state index in [4.69, 9.17) is 0 Å². The fourth-order valence-corrected chi connectivity index (χ4v) is 3.43. The largest absolute Gasteiger partial charge is 0.309 e. The molecule has 98 valence electrons. The summed E-state index contributed by atoms with van der Waals surface area (Å²) in [5.74, 6) is 2.26. The molecule has 0 amide bonds. The Morgan fingerprint density at radius 1 is 1.12 bits per heavy atom. The Labute approximate surface area is 111 Å². The molecule has 0 saturated carbocycles. The van der Waals surface area contributed by atoms with Crippen LogP contribution in [0.5, 0.6) is 0 Å². The lowest BCUT2D eigenvalue weighted by atomic mass is 9.85. The summed E-state index contributed by atoms with van der Waals surface area (Å²) in [7, 11) is 0. The summed E-state index contributed by atoms with van der Waals surface area (Å²) in [5.41, 5.74) is 1.42. The molecule has 0 aliphatic heterocycles. The van der Waals surface area contributed by atoms with E-state index in [9.17, 15) is 0 Å². The van der Waals surface area contributed by atoms with Crippen LogP contribution in [0.15, 0.2) is 11.4 Å². The van der Waals surface area contributed by atoms with E-state index in [2.05, 4.69) is 58.3 Å². The van der Waals surface area contributed by atoms with Gasteiger partial charge in [-0.2, -0.15) is 0 Å². The molecule has 0 saturated heterocycles. The average Bonchev–Trinajstić information content (AvgIpc) is 2.63. The second-order valence-corrected chi connectivity index (χ2v) is 6.70. The van der Waals surface area contributed by atoms with Gasteiger partial charge in [0.05, 0.1) is 0 Å². The molecule has 0 fully saturated rings. The zero-order valence-electron chi connectivity index (χ0n) is 12.1. The molecule has 1 N–H and O–H groups in total. The first kappa shape index (κ1) is 14.7. The van der Waals surface area contributed by atoms with E-state index < -0.39 is 0 Å². The van der Waals surface area contributed by atoms with Gasteiger partial charge in [-0.25, -0.2) is 0 Å². The summed E-state index contributed by atoms with van der Waals surface area (Å²) in [6, 6.07) is 2.69. The molecule has 1 aromatic heterocycles. The SMILES string of the molecule is Cc1ccsc1C(C)NCC(C(C)C)C(C)C. The summed E-state index contributed by atoms with van der Waals surface area (Å²) in [6.07, 6.45) is 0. The van der Waals surface area contributed by atoms with E-state index in [1.165, 1.54) is 10.4 Å². The summed E-state index contributed by atoms with van der Waals surface area (Å²) in [5, 5.41) is 5.88. The minimum atomic E-state index is 0.481. The molecule has 0 radical (unpaired) electrons. The lowest BCUT2D eigenvalue weighted by Crippen LogP contribution is -2.31. The van der Waals surface area contributed by atoms with Crippen molar-refractivity contribution >= 4 is 11.3 Å². The molecule has 1 heterocycles. The Morgan fingerprint density at radius 2 is 1.71 bits per heavy atom. The first-order valence-corrected chi connectivity index (χ1v) is 7.58. The molecular weight excluding hydrogens is 226 g/mol. The lowest BCUT2D eigenvalue weighted by molar-refractivity contribution is 0.268. The normalized spacial score (nSPS) is 13.9. The van der Waals surface area contributed by atoms with Crippen LogP contribution in [-0.2, 0) is 0 Å². The first-order valence-electron chi connectivity index (χ1n) is 6.70. The number of aryl methyl sites for hydroxylation is 1. The van der Waals surface area contributed by atoms with E-state index in [-0.39, 0.29) is 0 Å². The van der Waals surface area contributed by atoms with E-state index in [0.29, 0.717) is 6.04 Å². The number of nitrogens with one attached hydrogen (secondary N) is 1. The van der Waals surface area contributed by atoms with Gasteiger partial charge in [-0.15, -0.1) is 11.3 Å². The molecular formula is C15H27NS. The molecule has 17 heavy (non-hydrogen) atoms. The molecule has 1 atom stereocenters. The third-order valence-corrected chi connectivity index (χ3v) is 4.87. The summed E-state index contributed by atoms with van der Waals surface area (Å²) < 4.78 is 0. The highest BCUT2D eigenvalue weighted by Gasteiger charge is 2.19. The molecule has 1 nitrogen and oxygen atoms in total. The van der Waals surface area contributed by atoms with Crippen molar-refractivity contribution in [3.05, 3.63) is 21.9 Å². The Bertz CT molecular complexity index is 319. The van der Waals surface area contributed by atoms with Gasteiger partial charge in [0.2, 0.25) is 0 Å². The average molecular weight is 253 g/mol. The molecule has 0 spiro atoms. The van der Waals surface area contributed by atoms with Crippen LogP contribution in [-0.4, -0.2) is 6.54 Å². The number of hydrogen-bond donors (Lipinski definition) is 1. The lowest BCUT2D eigenvalue weighted by Gasteiger charge is -2.27. The van der Waals surface area contributed by atoms with Crippen molar-refractivity contribution < 1.29 is 0 Å². The van der Waals surface area contributed by atoms with Crippen LogP contribution in [0.4, 0.5) is 0 Å². The molecule has 0 aliphatic rings. The van der Waals surface area contributed by atoms with Gasteiger partial charge in [0.15, 0.2) is 0 Å². The van der Waals surface area contributed by atoms with Crippen molar-refractivity contribution in [2.75, 3.05) is 6.54 Å². The second kappa shape index (κ2) is 6.55. The molecule has 0 bridgehead atoms. The van der Waals surface area contributed by atoms with Gasteiger partial charge in [0.1, 0.15) is 0 Å². The van der Waals surface area contributed by atoms with Crippen LogP contribution in [0.2, 0.25) is 0 Å². The zero-order chi connectivity index (χ0) is 13.0. The Kier molecular flexibility index (Phi) is 5.68. The Morgan fingerprint density at radius 3 is 2.12 bits per heavy atom.